The first-order chi connectivity index (χ1) is 9.56. The number of carboxylic acids is 1. The summed E-state index contributed by atoms with van der Waals surface area (Å²) in [5, 5.41) is 11.8. The summed E-state index contributed by atoms with van der Waals surface area (Å²) in [6.45, 7) is 3.37. The number of hydrogen-bond acceptors (Lipinski definition) is 3. The van der Waals surface area contributed by atoms with Crippen molar-refractivity contribution >= 4 is 11.9 Å². The van der Waals surface area contributed by atoms with E-state index in [1.54, 1.807) is 12.1 Å². The summed E-state index contributed by atoms with van der Waals surface area (Å²) in [6, 6.07) is 6.06. The predicted molar refractivity (Wildman–Crippen MR) is 73.9 cm³/mol. The molecule has 0 saturated carbocycles. The van der Waals surface area contributed by atoms with E-state index in [1.165, 1.54) is 12.1 Å². The molecule has 2 atom stereocenters. The summed E-state index contributed by atoms with van der Waals surface area (Å²) < 4.78 is 5.46. The van der Waals surface area contributed by atoms with Crippen LogP contribution in [0.5, 0.6) is 0 Å². The van der Waals surface area contributed by atoms with Crippen molar-refractivity contribution in [1.29, 1.82) is 0 Å². The molecule has 0 radical (unpaired) electrons. The second-order valence-electron chi connectivity index (χ2n) is 5.17. The lowest BCUT2D eigenvalue weighted by molar-refractivity contribution is 0.00302. The molecule has 2 N–H and O–H groups in total. The Balaban J connectivity index is 1.91. The average Bonchev–Trinajstić information content (AvgIpc) is 2.45. The molecule has 1 aliphatic heterocycles. The molecule has 0 aromatic heterocycles. The lowest BCUT2D eigenvalue weighted by Gasteiger charge is -2.27. The van der Waals surface area contributed by atoms with Crippen molar-refractivity contribution in [2.75, 3.05) is 13.2 Å². The smallest absolute Gasteiger partial charge is 0.335 e. The van der Waals surface area contributed by atoms with E-state index in [0.717, 1.165) is 19.4 Å². The molecule has 2 unspecified atom stereocenters. The van der Waals surface area contributed by atoms with Gasteiger partial charge in [0.1, 0.15) is 0 Å². The third-order valence-corrected chi connectivity index (χ3v) is 3.52. The Morgan fingerprint density at radius 3 is 2.85 bits per heavy atom. The van der Waals surface area contributed by atoms with Crippen LogP contribution >= 0.6 is 0 Å². The van der Waals surface area contributed by atoms with Gasteiger partial charge in [-0.15, -0.1) is 0 Å². The minimum Gasteiger partial charge on any atom is -0.478 e. The summed E-state index contributed by atoms with van der Waals surface area (Å²) >= 11 is 0. The zero-order valence-electron chi connectivity index (χ0n) is 11.5. The van der Waals surface area contributed by atoms with E-state index in [1.807, 2.05) is 6.92 Å². The fraction of sp³-hybridized carbons (Fsp3) is 0.467. The average molecular weight is 277 g/mol. The highest BCUT2D eigenvalue weighted by molar-refractivity contribution is 5.97. The molecule has 1 amide bonds. The Labute approximate surface area is 117 Å². The number of carboxylic acid groups (broad SMARTS) is 1. The number of carbonyl (C=O) groups excluding carboxylic acids is 1. The monoisotopic (exact) mass is 277 g/mol. The van der Waals surface area contributed by atoms with Gasteiger partial charge in [0.25, 0.3) is 5.91 Å². The Hall–Kier alpha value is -1.88. The van der Waals surface area contributed by atoms with Gasteiger partial charge in [-0.05, 0) is 43.9 Å². The topological polar surface area (TPSA) is 75.6 Å². The first kappa shape index (κ1) is 14.5. The minimum absolute atomic E-state index is 0.123. The van der Waals surface area contributed by atoms with E-state index in [9.17, 15) is 9.59 Å². The van der Waals surface area contributed by atoms with Crippen LogP contribution in [-0.2, 0) is 4.74 Å². The van der Waals surface area contributed by atoms with Gasteiger partial charge in [-0.2, -0.15) is 0 Å². The normalized spacial score (nSPS) is 22.2. The maximum Gasteiger partial charge on any atom is 0.335 e. The van der Waals surface area contributed by atoms with Gasteiger partial charge >= 0.3 is 5.97 Å². The summed E-state index contributed by atoms with van der Waals surface area (Å²) in [5.41, 5.74) is 0.502. The van der Waals surface area contributed by atoms with E-state index in [-0.39, 0.29) is 17.6 Å². The maximum absolute atomic E-state index is 12.0. The number of ether oxygens (including phenoxy) is 1. The highest BCUT2D eigenvalue weighted by Gasteiger charge is 2.20. The van der Waals surface area contributed by atoms with Crippen LogP contribution in [0, 0.1) is 5.92 Å². The van der Waals surface area contributed by atoms with Crippen molar-refractivity contribution in [3.63, 3.8) is 0 Å². The minimum atomic E-state index is -1.03. The molecular formula is C15H19NO4. The Morgan fingerprint density at radius 1 is 1.40 bits per heavy atom. The fourth-order valence-electron chi connectivity index (χ4n) is 2.41. The van der Waals surface area contributed by atoms with Gasteiger partial charge < -0.3 is 15.2 Å². The fourth-order valence-corrected chi connectivity index (χ4v) is 2.41. The van der Waals surface area contributed by atoms with E-state index in [0.29, 0.717) is 18.0 Å². The summed E-state index contributed by atoms with van der Waals surface area (Å²) in [7, 11) is 0. The molecule has 0 aliphatic carbocycles. The Morgan fingerprint density at radius 2 is 2.15 bits per heavy atom. The predicted octanol–water partition coefficient (Wildman–Crippen LogP) is 1.93. The van der Waals surface area contributed by atoms with E-state index in [4.69, 9.17) is 9.84 Å². The van der Waals surface area contributed by atoms with Gasteiger partial charge in [-0.3, -0.25) is 4.79 Å². The van der Waals surface area contributed by atoms with Crippen molar-refractivity contribution in [2.45, 2.75) is 25.9 Å². The quantitative estimate of drug-likeness (QED) is 0.881. The number of amides is 1. The molecule has 1 saturated heterocycles. The third-order valence-electron chi connectivity index (χ3n) is 3.52. The molecule has 108 valence electrons. The van der Waals surface area contributed by atoms with Gasteiger partial charge in [0.05, 0.1) is 11.7 Å². The lowest BCUT2D eigenvalue weighted by Crippen LogP contribution is -2.34. The summed E-state index contributed by atoms with van der Waals surface area (Å²) in [4.78, 5) is 22.9. The van der Waals surface area contributed by atoms with Crippen LogP contribution in [0.2, 0.25) is 0 Å². The molecule has 2 rings (SSSR count). The van der Waals surface area contributed by atoms with E-state index in [2.05, 4.69) is 5.32 Å². The lowest BCUT2D eigenvalue weighted by atomic mass is 9.96. The molecule has 0 bridgehead atoms. The summed E-state index contributed by atoms with van der Waals surface area (Å²) in [6.07, 6.45) is 2.12. The molecule has 5 heteroatoms. The maximum atomic E-state index is 12.0. The molecular weight excluding hydrogens is 258 g/mol. The van der Waals surface area contributed by atoms with E-state index >= 15 is 0 Å². The van der Waals surface area contributed by atoms with E-state index < -0.39 is 5.97 Å². The SMILES string of the molecule is CC1CC(CNC(=O)c2cccc(C(=O)O)c2)CCO1. The zero-order valence-corrected chi connectivity index (χ0v) is 11.5. The van der Waals surface area contributed by atoms with Crippen LogP contribution in [0.25, 0.3) is 0 Å². The molecule has 1 heterocycles. The molecule has 20 heavy (non-hydrogen) atoms. The number of hydrogen-bond donors (Lipinski definition) is 2. The van der Waals surface area contributed by atoms with Crippen molar-refractivity contribution in [1.82, 2.24) is 5.32 Å². The van der Waals surface area contributed by atoms with Crippen molar-refractivity contribution in [3.8, 4) is 0 Å². The zero-order chi connectivity index (χ0) is 14.5. The second-order valence-corrected chi connectivity index (χ2v) is 5.17. The van der Waals surface area contributed by atoms with Gasteiger partial charge in [0.15, 0.2) is 0 Å². The van der Waals surface area contributed by atoms with Gasteiger partial charge in [0, 0.05) is 18.7 Å². The number of rotatable bonds is 4. The number of aromatic carboxylic acids is 1. The number of carbonyl (C=O) groups is 2. The molecule has 1 aromatic rings. The van der Waals surface area contributed by atoms with Crippen molar-refractivity contribution < 1.29 is 19.4 Å². The molecule has 5 nitrogen and oxygen atoms in total. The largest absolute Gasteiger partial charge is 0.478 e. The number of benzene rings is 1. The van der Waals surface area contributed by atoms with Crippen molar-refractivity contribution in [3.05, 3.63) is 35.4 Å². The number of nitrogens with one attached hydrogen (secondary N) is 1. The van der Waals surface area contributed by atoms with Gasteiger partial charge in [-0.25, -0.2) is 4.79 Å². The van der Waals surface area contributed by atoms with Crippen LogP contribution in [0.15, 0.2) is 24.3 Å². The highest BCUT2D eigenvalue weighted by atomic mass is 16.5. The van der Waals surface area contributed by atoms with Gasteiger partial charge in [0.2, 0.25) is 0 Å². The first-order valence-electron chi connectivity index (χ1n) is 6.79. The van der Waals surface area contributed by atoms with Crippen LogP contribution in [0.1, 0.15) is 40.5 Å². The second kappa shape index (κ2) is 6.52. The molecule has 1 fully saturated rings. The highest BCUT2D eigenvalue weighted by Crippen LogP contribution is 2.19. The molecule has 1 aromatic carbocycles. The third kappa shape index (κ3) is 3.81. The van der Waals surface area contributed by atoms with Crippen LogP contribution in [0.3, 0.4) is 0 Å². The van der Waals surface area contributed by atoms with Crippen LogP contribution < -0.4 is 5.32 Å². The first-order valence-corrected chi connectivity index (χ1v) is 6.79. The van der Waals surface area contributed by atoms with Gasteiger partial charge in [-0.1, -0.05) is 6.07 Å². The molecule has 1 aliphatic rings. The Bertz CT molecular complexity index is 500. The molecule has 0 spiro atoms. The van der Waals surface area contributed by atoms with Crippen LogP contribution in [0.4, 0.5) is 0 Å². The van der Waals surface area contributed by atoms with Crippen LogP contribution in [-0.4, -0.2) is 36.2 Å². The summed E-state index contributed by atoms with van der Waals surface area (Å²) in [5.74, 6) is -0.837. The van der Waals surface area contributed by atoms with Crippen molar-refractivity contribution in [2.24, 2.45) is 5.92 Å². The standard InChI is InChI=1S/C15H19NO4/c1-10-7-11(5-6-20-10)9-16-14(17)12-3-2-4-13(8-12)15(18)19/h2-4,8,10-11H,5-7,9H2,1H3,(H,16,17)(H,18,19). The Kier molecular flexibility index (Phi) is 4.74.